The predicted molar refractivity (Wildman–Crippen MR) is 82.6 cm³/mol. The number of thiazole rings is 1. The average molecular weight is 301 g/mol. The smallest absolute Gasteiger partial charge is 0.195 e. The van der Waals surface area contributed by atoms with Crippen LogP contribution in [0.3, 0.4) is 0 Å². The molecule has 0 fully saturated rings. The number of aliphatic hydroxyl groups is 1. The van der Waals surface area contributed by atoms with E-state index in [0.29, 0.717) is 6.61 Å². The SMILES string of the molecule is OCc1c(N2CCCOc3ccccc32)nc2sccn12. The van der Waals surface area contributed by atoms with Crippen molar-refractivity contribution in [2.45, 2.75) is 13.0 Å². The van der Waals surface area contributed by atoms with Gasteiger partial charge in [0.25, 0.3) is 0 Å². The molecule has 0 atom stereocenters. The number of ether oxygens (including phenoxy) is 1. The van der Waals surface area contributed by atoms with Gasteiger partial charge in [-0.15, -0.1) is 11.3 Å². The van der Waals surface area contributed by atoms with Crippen LogP contribution in [-0.2, 0) is 6.61 Å². The van der Waals surface area contributed by atoms with Crippen molar-refractivity contribution in [2.24, 2.45) is 0 Å². The summed E-state index contributed by atoms with van der Waals surface area (Å²) in [4.78, 5) is 7.75. The maximum absolute atomic E-state index is 9.76. The maximum atomic E-state index is 9.76. The third-order valence-electron chi connectivity index (χ3n) is 3.69. The molecule has 4 rings (SSSR count). The van der Waals surface area contributed by atoms with E-state index in [2.05, 4.69) is 4.90 Å². The van der Waals surface area contributed by atoms with Crippen molar-refractivity contribution in [3.63, 3.8) is 0 Å². The van der Waals surface area contributed by atoms with Crippen molar-refractivity contribution >= 4 is 27.8 Å². The van der Waals surface area contributed by atoms with Crippen molar-refractivity contribution in [2.75, 3.05) is 18.1 Å². The minimum Gasteiger partial charge on any atom is -0.491 e. The van der Waals surface area contributed by atoms with Gasteiger partial charge in [-0.25, -0.2) is 4.98 Å². The number of aliphatic hydroxyl groups excluding tert-OH is 1. The Morgan fingerprint density at radius 3 is 3.14 bits per heavy atom. The number of hydrogen-bond donors (Lipinski definition) is 1. The van der Waals surface area contributed by atoms with E-state index in [9.17, 15) is 5.11 Å². The van der Waals surface area contributed by atoms with E-state index in [4.69, 9.17) is 9.72 Å². The zero-order valence-corrected chi connectivity index (χ0v) is 12.2. The van der Waals surface area contributed by atoms with Crippen molar-refractivity contribution < 1.29 is 9.84 Å². The van der Waals surface area contributed by atoms with Crippen LogP contribution in [-0.4, -0.2) is 27.6 Å². The lowest BCUT2D eigenvalue weighted by Crippen LogP contribution is -2.19. The molecule has 2 aromatic heterocycles. The van der Waals surface area contributed by atoms with Gasteiger partial charge in [0.15, 0.2) is 10.8 Å². The molecule has 3 aromatic rings. The van der Waals surface area contributed by atoms with E-state index in [0.717, 1.165) is 40.9 Å². The lowest BCUT2D eigenvalue weighted by atomic mass is 10.2. The number of rotatable bonds is 2. The highest BCUT2D eigenvalue weighted by Crippen LogP contribution is 2.37. The number of benzene rings is 1. The predicted octanol–water partition coefficient (Wildman–Crippen LogP) is 2.81. The molecule has 0 radical (unpaired) electrons. The van der Waals surface area contributed by atoms with E-state index < -0.39 is 0 Å². The minimum atomic E-state index is -0.0350. The lowest BCUT2D eigenvalue weighted by Gasteiger charge is -2.22. The number of para-hydroxylation sites is 2. The topological polar surface area (TPSA) is 50.0 Å². The molecule has 108 valence electrons. The number of aromatic nitrogens is 2. The van der Waals surface area contributed by atoms with E-state index in [1.54, 1.807) is 11.3 Å². The van der Waals surface area contributed by atoms with Crippen LogP contribution in [0.15, 0.2) is 35.8 Å². The summed E-state index contributed by atoms with van der Waals surface area (Å²) in [6.45, 7) is 1.49. The zero-order valence-electron chi connectivity index (χ0n) is 11.4. The molecule has 1 aromatic carbocycles. The monoisotopic (exact) mass is 301 g/mol. The van der Waals surface area contributed by atoms with Gasteiger partial charge in [-0.2, -0.15) is 0 Å². The van der Waals surface area contributed by atoms with Crippen LogP contribution >= 0.6 is 11.3 Å². The molecular formula is C15H15N3O2S. The van der Waals surface area contributed by atoms with Gasteiger partial charge in [0, 0.05) is 18.1 Å². The normalized spacial score (nSPS) is 14.8. The molecule has 0 unspecified atom stereocenters. The second-order valence-corrected chi connectivity index (χ2v) is 5.79. The Labute approximate surface area is 126 Å². The second kappa shape index (κ2) is 5.05. The summed E-state index contributed by atoms with van der Waals surface area (Å²) in [6, 6.07) is 7.98. The Kier molecular flexibility index (Phi) is 3.05. The summed E-state index contributed by atoms with van der Waals surface area (Å²) in [5.41, 5.74) is 1.83. The number of hydrogen-bond acceptors (Lipinski definition) is 5. The molecule has 0 saturated carbocycles. The fraction of sp³-hybridized carbons (Fsp3) is 0.267. The quantitative estimate of drug-likeness (QED) is 0.791. The second-order valence-electron chi connectivity index (χ2n) is 4.92. The van der Waals surface area contributed by atoms with Crippen LogP contribution in [0.5, 0.6) is 5.75 Å². The Morgan fingerprint density at radius 2 is 2.24 bits per heavy atom. The standard InChI is InChI=1S/C15H15N3O2S/c19-10-12-14(16-15-18(12)7-9-21-15)17-6-3-8-20-13-5-2-1-4-11(13)17/h1-2,4-5,7,9,19H,3,6,8,10H2. The van der Waals surface area contributed by atoms with Crippen molar-refractivity contribution in [1.82, 2.24) is 9.38 Å². The summed E-state index contributed by atoms with van der Waals surface area (Å²) >= 11 is 1.57. The molecule has 5 nitrogen and oxygen atoms in total. The van der Waals surface area contributed by atoms with Crippen molar-refractivity contribution in [3.8, 4) is 5.75 Å². The van der Waals surface area contributed by atoms with Crippen LogP contribution in [0.2, 0.25) is 0 Å². The Bertz CT molecular complexity index is 780. The van der Waals surface area contributed by atoms with Gasteiger partial charge >= 0.3 is 0 Å². The molecule has 1 aliphatic rings. The highest BCUT2D eigenvalue weighted by Gasteiger charge is 2.23. The minimum absolute atomic E-state index is 0.0350. The molecule has 0 amide bonds. The zero-order chi connectivity index (χ0) is 14.2. The Balaban J connectivity index is 1.89. The maximum Gasteiger partial charge on any atom is 0.195 e. The van der Waals surface area contributed by atoms with E-state index in [-0.39, 0.29) is 6.61 Å². The van der Waals surface area contributed by atoms with Gasteiger partial charge in [0.05, 0.1) is 24.6 Å². The van der Waals surface area contributed by atoms with E-state index in [1.807, 2.05) is 40.2 Å². The lowest BCUT2D eigenvalue weighted by molar-refractivity contribution is 0.276. The molecule has 1 N–H and O–H groups in total. The first-order valence-corrected chi connectivity index (χ1v) is 7.81. The number of imidazole rings is 1. The molecule has 0 saturated heterocycles. The van der Waals surface area contributed by atoms with Gasteiger partial charge < -0.3 is 14.7 Å². The molecule has 0 aliphatic carbocycles. The van der Waals surface area contributed by atoms with Gasteiger partial charge in [0.2, 0.25) is 0 Å². The third kappa shape index (κ3) is 1.99. The Morgan fingerprint density at radius 1 is 1.33 bits per heavy atom. The summed E-state index contributed by atoms with van der Waals surface area (Å²) in [7, 11) is 0. The summed E-state index contributed by atoms with van der Waals surface area (Å²) < 4.78 is 7.75. The van der Waals surface area contributed by atoms with Gasteiger partial charge in [-0.05, 0) is 18.6 Å². The van der Waals surface area contributed by atoms with E-state index >= 15 is 0 Å². The van der Waals surface area contributed by atoms with Crippen LogP contribution in [0.4, 0.5) is 11.5 Å². The number of nitrogens with zero attached hydrogens (tertiary/aromatic N) is 3. The van der Waals surface area contributed by atoms with Crippen molar-refractivity contribution in [3.05, 3.63) is 41.5 Å². The molecule has 0 bridgehead atoms. The molecule has 1 aliphatic heterocycles. The first-order chi connectivity index (χ1) is 10.4. The summed E-state index contributed by atoms with van der Waals surface area (Å²) in [5.74, 6) is 1.69. The summed E-state index contributed by atoms with van der Waals surface area (Å²) in [6.07, 6.45) is 2.87. The van der Waals surface area contributed by atoms with Crippen LogP contribution in [0.25, 0.3) is 4.96 Å². The molecule has 3 heterocycles. The molecule has 21 heavy (non-hydrogen) atoms. The molecule has 6 heteroatoms. The van der Waals surface area contributed by atoms with Gasteiger partial charge in [0.1, 0.15) is 5.75 Å². The molecule has 0 spiro atoms. The average Bonchev–Trinajstić information content (AvgIpc) is 3.02. The molecular weight excluding hydrogens is 286 g/mol. The first kappa shape index (κ1) is 12.7. The van der Waals surface area contributed by atoms with Crippen molar-refractivity contribution in [1.29, 1.82) is 0 Å². The van der Waals surface area contributed by atoms with Crippen LogP contribution in [0, 0.1) is 0 Å². The van der Waals surface area contributed by atoms with Gasteiger partial charge in [-0.1, -0.05) is 12.1 Å². The fourth-order valence-electron chi connectivity index (χ4n) is 2.73. The first-order valence-electron chi connectivity index (χ1n) is 6.93. The van der Waals surface area contributed by atoms with E-state index in [1.165, 1.54) is 0 Å². The fourth-order valence-corrected chi connectivity index (χ4v) is 3.46. The summed E-state index contributed by atoms with van der Waals surface area (Å²) in [5, 5.41) is 11.7. The third-order valence-corrected chi connectivity index (χ3v) is 4.44. The number of fused-ring (bicyclic) bond motifs is 2. The Hall–Kier alpha value is -2.05. The highest BCUT2D eigenvalue weighted by molar-refractivity contribution is 7.15. The van der Waals surface area contributed by atoms with Gasteiger partial charge in [-0.3, -0.25) is 4.40 Å². The number of anilines is 2. The van der Waals surface area contributed by atoms with Crippen LogP contribution < -0.4 is 9.64 Å². The largest absolute Gasteiger partial charge is 0.491 e. The van der Waals surface area contributed by atoms with Crippen LogP contribution in [0.1, 0.15) is 12.1 Å². The highest BCUT2D eigenvalue weighted by atomic mass is 32.1.